The highest BCUT2D eigenvalue weighted by atomic mass is 32.1. The summed E-state index contributed by atoms with van der Waals surface area (Å²) in [5.74, 6) is 1.26. The van der Waals surface area contributed by atoms with E-state index in [1.54, 1.807) is 17.4 Å². The van der Waals surface area contributed by atoms with E-state index in [0.29, 0.717) is 40.1 Å². The summed E-state index contributed by atoms with van der Waals surface area (Å²) in [4.78, 5) is 6.81. The molecule has 0 aliphatic carbocycles. The number of morpholine rings is 1. The molecule has 154 valence electrons. The lowest BCUT2D eigenvalue weighted by Crippen LogP contribution is -2.38. The normalized spacial score (nSPS) is 15.8. The average molecular weight is 423 g/mol. The molecule has 0 unspecified atom stereocenters. The quantitative estimate of drug-likeness (QED) is 0.389. The van der Waals surface area contributed by atoms with Gasteiger partial charge in [-0.1, -0.05) is 5.16 Å². The topological polar surface area (TPSA) is 80.3 Å². The molecule has 0 radical (unpaired) electrons. The van der Waals surface area contributed by atoms with Crippen LogP contribution < -0.4 is 10.1 Å². The van der Waals surface area contributed by atoms with Crippen LogP contribution in [0.2, 0.25) is 0 Å². The number of ether oxygens (including phenoxy) is 2. The van der Waals surface area contributed by atoms with E-state index in [4.69, 9.17) is 13.9 Å². The molecular formula is C22H21N3O4S. The Hall–Kier alpha value is -2.94. The third-order valence-electron chi connectivity index (χ3n) is 5.20. The van der Waals surface area contributed by atoms with Gasteiger partial charge in [-0.15, -0.1) is 11.3 Å². The summed E-state index contributed by atoms with van der Waals surface area (Å²) in [5, 5.41) is 17.3. The zero-order valence-corrected chi connectivity index (χ0v) is 17.1. The molecule has 8 heteroatoms. The van der Waals surface area contributed by atoms with Gasteiger partial charge in [0.15, 0.2) is 5.76 Å². The number of hydrogen-bond acceptors (Lipinski definition) is 8. The lowest BCUT2D eigenvalue weighted by atomic mass is 10.1. The summed E-state index contributed by atoms with van der Waals surface area (Å²) in [7, 11) is 0. The minimum atomic E-state index is 0.414. The Morgan fingerprint density at radius 1 is 1.17 bits per heavy atom. The second-order valence-electron chi connectivity index (χ2n) is 7.08. The number of fused-ring (bicyclic) bond motifs is 2. The van der Waals surface area contributed by atoms with Crippen molar-refractivity contribution < 1.29 is 19.1 Å². The van der Waals surface area contributed by atoms with Gasteiger partial charge in [-0.05, 0) is 41.1 Å². The molecule has 0 amide bonds. The maximum absolute atomic E-state index is 9.59. The van der Waals surface area contributed by atoms with Crippen LogP contribution in [0.3, 0.4) is 0 Å². The van der Waals surface area contributed by atoms with Gasteiger partial charge in [0.05, 0.1) is 23.3 Å². The van der Waals surface area contributed by atoms with Crippen molar-refractivity contribution in [3.8, 4) is 17.2 Å². The smallest absolute Gasteiger partial charge is 0.155 e. The molecule has 0 bridgehead atoms. The molecule has 1 aliphatic heterocycles. The highest BCUT2D eigenvalue weighted by molar-refractivity contribution is 7.17. The largest absolute Gasteiger partial charge is 0.492 e. The molecule has 0 atom stereocenters. The predicted molar refractivity (Wildman–Crippen MR) is 115 cm³/mol. The van der Waals surface area contributed by atoms with Crippen molar-refractivity contribution in [2.45, 2.75) is 0 Å². The molecule has 3 aromatic heterocycles. The van der Waals surface area contributed by atoms with Crippen molar-refractivity contribution in [3.63, 3.8) is 0 Å². The van der Waals surface area contributed by atoms with Gasteiger partial charge in [-0.2, -0.15) is 0 Å². The van der Waals surface area contributed by atoms with Crippen molar-refractivity contribution in [3.05, 3.63) is 53.3 Å². The summed E-state index contributed by atoms with van der Waals surface area (Å²) in [5.41, 5.74) is 1.30. The molecule has 0 saturated carbocycles. The van der Waals surface area contributed by atoms with Crippen LogP contribution in [0.25, 0.3) is 32.5 Å². The first-order valence-corrected chi connectivity index (χ1v) is 10.7. The van der Waals surface area contributed by atoms with Crippen LogP contribution in [-0.4, -0.2) is 54.5 Å². The number of rotatable bonds is 5. The lowest BCUT2D eigenvalue weighted by molar-refractivity contribution is 0.0322. The van der Waals surface area contributed by atoms with Gasteiger partial charge >= 0.3 is 0 Å². The number of thiophene rings is 1. The minimum Gasteiger partial charge on any atom is -0.492 e. The van der Waals surface area contributed by atoms with Crippen LogP contribution in [0.5, 0.6) is 5.75 Å². The summed E-state index contributed by atoms with van der Waals surface area (Å²) in [6, 6.07) is 11.3. The first kappa shape index (κ1) is 19.0. The summed E-state index contributed by atoms with van der Waals surface area (Å²) < 4.78 is 18.5. The second kappa shape index (κ2) is 8.43. The van der Waals surface area contributed by atoms with Crippen molar-refractivity contribution in [1.82, 2.24) is 9.88 Å². The molecule has 1 fully saturated rings. The van der Waals surface area contributed by atoms with E-state index in [9.17, 15) is 5.21 Å². The maximum Gasteiger partial charge on any atom is 0.155 e. The fourth-order valence-corrected chi connectivity index (χ4v) is 4.30. The molecule has 1 saturated heterocycles. The van der Waals surface area contributed by atoms with Crippen molar-refractivity contribution in [1.29, 1.82) is 0 Å². The maximum atomic E-state index is 9.59. The Kier molecular flexibility index (Phi) is 5.35. The Bertz CT molecular complexity index is 1240. The fraction of sp³-hybridized carbons (Fsp3) is 0.273. The van der Waals surface area contributed by atoms with E-state index in [0.717, 1.165) is 42.9 Å². The lowest BCUT2D eigenvalue weighted by Gasteiger charge is -2.26. The third kappa shape index (κ3) is 3.89. The molecule has 7 nitrogen and oxygen atoms in total. The van der Waals surface area contributed by atoms with Crippen molar-refractivity contribution in [2.24, 2.45) is 5.16 Å². The molecule has 4 heterocycles. The number of hydrogen-bond donors (Lipinski definition) is 1. The first-order chi connectivity index (χ1) is 14.8. The highest BCUT2D eigenvalue weighted by Crippen LogP contribution is 2.27. The van der Waals surface area contributed by atoms with Crippen LogP contribution in [0.15, 0.2) is 57.5 Å². The van der Waals surface area contributed by atoms with E-state index >= 15 is 0 Å². The van der Waals surface area contributed by atoms with Crippen LogP contribution in [0, 0.1) is 0 Å². The van der Waals surface area contributed by atoms with E-state index in [2.05, 4.69) is 15.0 Å². The van der Waals surface area contributed by atoms with Crippen LogP contribution in [0.4, 0.5) is 0 Å². The van der Waals surface area contributed by atoms with Gasteiger partial charge in [0.1, 0.15) is 29.0 Å². The third-order valence-corrected chi connectivity index (χ3v) is 6.06. The molecule has 30 heavy (non-hydrogen) atoms. The minimum absolute atomic E-state index is 0.414. The molecular weight excluding hydrogens is 402 g/mol. The summed E-state index contributed by atoms with van der Waals surface area (Å²) >= 11 is 1.64. The summed E-state index contributed by atoms with van der Waals surface area (Å²) in [6.45, 7) is 4.84. The number of aromatic nitrogens is 1. The van der Waals surface area contributed by atoms with E-state index in [1.807, 2.05) is 41.9 Å². The van der Waals surface area contributed by atoms with Gasteiger partial charge in [0, 0.05) is 31.9 Å². The molecule has 1 aromatic carbocycles. The van der Waals surface area contributed by atoms with Crippen LogP contribution in [0.1, 0.15) is 0 Å². The van der Waals surface area contributed by atoms with Crippen LogP contribution >= 0.6 is 11.3 Å². The van der Waals surface area contributed by atoms with Gasteiger partial charge < -0.3 is 19.1 Å². The number of pyridine rings is 1. The molecule has 1 aliphatic rings. The van der Waals surface area contributed by atoms with Crippen LogP contribution in [-0.2, 0) is 4.74 Å². The van der Waals surface area contributed by atoms with E-state index in [1.165, 1.54) is 0 Å². The van der Waals surface area contributed by atoms with Gasteiger partial charge in [-0.25, -0.2) is 0 Å². The number of benzene rings is 1. The predicted octanol–water partition coefficient (Wildman–Crippen LogP) is 3.71. The first-order valence-electron chi connectivity index (χ1n) is 9.83. The summed E-state index contributed by atoms with van der Waals surface area (Å²) in [6.07, 6.45) is 1.83. The molecule has 4 aromatic rings. The monoisotopic (exact) mass is 423 g/mol. The second-order valence-corrected chi connectivity index (χ2v) is 8.03. The Morgan fingerprint density at radius 2 is 2.07 bits per heavy atom. The molecule has 5 rings (SSSR count). The average Bonchev–Trinajstić information content (AvgIpc) is 3.27. The molecule has 1 N–H and O–H groups in total. The number of nitrogens with zero attached hydrogens (tertiary/aromatic N) is 3. The van der Waals surface area contributed by atoms with E-state index < -0.39 is 0 Å². The Balaban J connectivity index is 1.40. The SMILES string of the molecule is O/N=c1\cc(-c2cc3ccsc3cn2)oc2ccc(OCCN3CCOCC3)cc12. The fourth-order valence-electron chi connectivity index (χ4n) is 3.57. The Morgan fingerprint density at radius 3 is 2.93 bits per heavy atom. The zero-order chi connectivity index (χ0) is 20.3. The van der Waals surface area contributed by atoms with Gasteiger partial charge in [0.2, 0.25) is 0 Å². The van der Waals surface area contributed by atoms with Crippen molar-refractivity contribution in [2.75, 3.05) is 39.5 Å². The zero-order valence-electron chi connectivity index (χ0n) is 16.3. The molecule has 0 spiro atoms. The standard InChI is InChI=1S/C22H21N3O4S/c26-24-18-13-21(19-11-15-3-10-30-22(15)14-23-19)29-20-2-1-16(12-17(18)20)28-9-6-25-4-7-27-8-5-25/h1-3,10-14,26H,4-9H2/b24-18+. The Labute approximate surface area is 176 Å². The van der Waals surface area contributed by atoms with Gasteiger partial charge in [-0.3, -0.25) is 9.88 Å². The van der Waals surface area contributed by atoms with Gasteiger partial charge in [0.25, 0.3) is 0 Å². The van der Waals surface area contributed by atoms with Crippen molar-refractivity contribution >= 4 is 32.4 Å². The van der Waals surface area contributed by atoms with E-state index in [-0.39, 0.29) is 0 Å². The highest BCUT2D eigenvalue weighted by Gasteiger charge is 2.12.